The maximum atomic E-state index is 12.4. The Kier molecular flexibility index (Phi) is 3.66. The molecule has 1 aliphatic heterocycles. The van der Waals surface area contributed by atoms with Gasteiger partial charge in [0.2, 0.25) is 5.91 Å². The van der Waals surface area contributed by atoms with E-state index in [1.165, 1.54) is 0 Å². The van der Waals surface area contributed by atoms with Crippen molar-refractivity contribution in [1.29, 1.82) is 0 Å². The molecule has 114 valence electrons. The molecule has 0 bridgehead atoms. The molecule has 6 nitrogen and oxygen atoms in total. The van der Waals surface area contributed by atoms with Crippen molar-refractivity contribution in [2.75, 3.05) is 10.6 Å². The average Bonchev–Trinajstić information content (AvgIpc) is 2.88. The zero-order chi connectivity index (χ0) is 15.7. The number of fused-ring (bicyclic) bond motifs is 1. The molecule has 0 saturated heterocycles. The van der Waals surface area contributed by atoms with Gasteiger partial charge in [0.1, 0.15) is 5.69 Å². The van der Waals surface area contributed by atoms with E-state index in [0.717, 1.165) is 22.6 Å². The number of nitrogens with one attached hydrogen (secondary N) is 2. The average molecular weight is 298 g/mol. The quantitative estimate of drug-likeness (QED) is 0.913. The summed E-state index contributed by atoms with van der Waals surface area (Å²) in [5, 5.41) is 10.0. The van der Waals surface area contributed by atoms with Crippen molar-refractivity contribution in [3.05, 3.63) is 41.2 Å². The Balaban J connectivity index is 1.81. The van der Waals surface area contributed by atoms with Crippen LogP contribution >= 0.6 is 0 Å². The van der Waals surface area contributed by atoms with Gasteiger partial charge in [-0.3, -0.25) is 14.3 Å². The van der Waals surface area contributed by atoms with E-state index in [2.05, 4.69) is 15.7 Å². The molecular formula is C16H18N4O2. The van der Waals surface area contributed by atoms with Crippen LogP contribution in [0.4, 0.5) is 11.4 Å². The number of aromatic nitrogens is 2. The molecule has 0 spiro atoms. The van der Waals surface area contributed by atoms with Gasteiger partial charge >= 0.3 is 0 Å². The SMILES string of the molecule is CCn1nc(C)cc1C(=O)Nc1ccc2c(c1)CCC(=O)N2. The zero-order valence-electron chi connectivity index (χ0n) is 12.6. The van der Waals surface area contributed by atoms with Crippen molar-refractivity contribution in [2.24, 2.45) is 0 Å². The Morgan fingerprint density at radius 1 is 1.36 bits per heavy atom. The van der Waals surface area contributed by atoms with Crippen LogP contribution in [0.15, 0.2) is 24.3 Å². The van der Waals surface area contributed by atoms with Crippen LogP contribution in [0.5, 0.6) is 0 Å². The molecule has 0 unspecified atom stereocenters. The van der Waals surface area contributed by atoms with E-state index in [1.54, 1.807) is 16.8 Å². The van der Waals surface area contributed by atoms with Gasteiger partial charge in [-0.25, -0.2) is 0 Å². The molecular weight excluding hydrogens is 280 g/mol. The van der Waals surface area contributed by atoms with Crippen LogP contribution in [-0.4, -0.2) is 21.6 Å². The van der Waals surface area contributed by atoms with Crippen LogP contribution in [-0.2, 0) is 17.8 Å². The summed E-state index contributed by atoms with van der Waals surface area (Å²) < 4.78 is 1.68. The van der Waals surface area contributed by atoms with Crippen molar-refractivity contribution in [3.8, 4) is 0 Å². The third-order valence-electron chi connectivity index (χ3n) is 3.69. The fraction of sp³-hybridized carbons (Fsp3) is 0.312. The summed E-state index contributed by atoms with van der Waals surface area (Å²) >= 11 is 0. The van der Waals surface area contributed by atoms with E-state index in [1.807, 2.05) is 26.0 Å². The van der Waals surface area contributed by atoms with Crippen LogP contribution in [0, 0.1) is 6.92 Å². The second-order valence-electron chi connectivity index (χ2n) is 5.36. The minimum absolute atomic E-state index is 0.0339. The highest BCUT2D eigenvalue weighted by atomic mass is 16.2. The van der Waals surface area contributed by atoms with Crippen LogP contribution < -0.4 is 10.6 Å². The summed E-state index contributed by atoms with van der Waals surface area (Å²) in [6.07, 6.45) is 1.17. The van der Waals surface area contributed by atoms with Crippen molar-refractivity contribution in [1.82, 2.24) is 9.78 Å². The number of nitrogens with zero attached hydrogens (tertiary/aromatic N) is 2. The lowest BCUT2D eigenvalue weighted by molar-refractivity contribution is -0.116. The molecule has 0 atom stereocenters. The summed E-state index contributed by atoms with van der Waals surface area (Å²) in [4.78, 5) is 23.7. The number of benzene rings is 1. The molecule has 0 aliphatic carbocycles. The number of hydrogen-bond donors (Lipinski definition) is 2. The third-order valence-corrected chi connectivity index (χ3v) is 3.69. The smallest absolute Gasteiger partial charge is 0.273 e. The number of hydrogen-bond acceptors (Lipinski definition) is 3. The van der Waals surface area contributed by atoms with E-state index in [4.69, 9.17) is 0 Å². The van der Waals surface area contributed by atoms with E-state index in [-0.39, 0.29) is 11.8 Å². The predicted octanol–water partition coefficient (Wildman–Crippen LogP) is 2.35. The van der Waals surface area contributed by atoms with Crippen molar-refractivity contribution >= 4 is 23.2 Å². The van der Waals surface area contributed by atoms with Gasteiger partial charge in [-0.2, -0.15) is 5.10 Å². The summed E-state index contributed by atoms with van der Waals surface area (Å²) in [5.41, 5.74) is 3.95. The molecule has 6 heteroatoms. The highest BCUT2D eigenvalue weighted by molar-refractivity contribution is 6.03. The van der Waals surface area contributed by atoms with Crippen LogP contribution in [0.3, 0.4) is 0 Å². The summed E-state index contributed by atoms with van der Waals surface area (Å²) in [7, 11) is 0. The van der Waals surface area contributed by atoms with Gasteiger partial charge in [-0.05, 0) is 50.1 Å². The first-order valence-electron chi connectivity index (χ1n) is 7.35. The molecule has 22 heavy (non-hydrogen) atoms. The number of carbonyl (C=O) groups is 2. The van der Waals surface area contributed by atoms with Crippen molar-refractivity contribution in [2.45, 2.75) is 33.2 Å². The molecule has 0 radical (unpaired) electrons. The first-order chi connectivity index (χ1) is 10.6. The molecule has 2 N–H and O–H groups in total. The van der Waals surface area contributed by atoms with Gasteiger partial charge in [-0.15, -0.1) is 0 Å². The van der Waals surface area contributed by atoms with Gasteiger partial charge in [-0.1, -0.05) is 0 Å². The topological polar surface area (TPSA) is 76.0 Å². The van der Waals surface area contributed by atoms with Gasteiger partial charge in [0.15, 0.2) is 0 Å². The molecule has 0 fully saturated rings. The van der Waals surface area contributed by atoms with E-state index in [0.29, 0.717) is 25.1 Å². The van der Waals surface area contributed by atoms with Crippen LogP contribution in [0.25, 0.3) is 0 Å². The molecule has 1 aliphatic rings. The highest BCUT2D eigenvalue weighted by Gasteiger charge is 2.17. The Morgan fingerprint density at radius 2 is 2.18 bits per heavy atom. The lowest BCUT2D eigenvalue weighted by Gasteiger charge is -2.17. The summed E-state index contributed by atoms with van der Waals surface area (Å²) in [5.74, 6) is -0.145. The van der Waals surface area contributed by atoms with Crippen molar-refractivity contribution < 1.29 is 9.59 Å². The number of amides is 2. The second-order valence-corrected chi connectivity index (χ2v) is 5.36. The van der Waals surface area contributed by atoms with Crippen LogP contribution in [0.1, 0.15) is 35.1 Å². The fourth-order valence-electron chi connectivity index (χ4n) is 2.63. The fourth-order valence-corrected chi connectivity index (χ4v) is 2.63. The Labute approximate surface area is 128 Å². The predicted molar refractivity (Wildman–Crippen MR) is 84.0 cm³/mol. The molecule has 2 amide bonds. The molecule has 2 heterocycles. The zero-order valence-corrected chi connectivity index (χ0v) is 12.6. The third kappa shape index (κ3) is 2.72. The first kappa shape index (κ1) is 14.3. The van der Waals surface area contributed by atoms with E-state index >= 15 is 0 Å². The lowest BCUT2D eigenvalue weighted by Crippen LogP contribution is -2.20. The molecule has 1 aromatic carbocycles. The normalized spacial score (nSPS) is 13.5. The lowest BCUT2D eigenvalue weighted by atomic mass is 10.0. The minimum Gasteiger partial charge on any atom is -0.326 e. The van der Waals surface area contributed by atoms with Gasteiger partial charge < -0.3 is 10.6 Å². The first-order valence-corrected chi connectivity index (χ1v) is 7.35. The van der Waals surface area contributed by atoms with Gasteiger partial charge in [0, 0.05) is 24.3 Å². The van der Waals surface area contributed by atoms with E-state index in [9.17, 15) is 9.59 Å². The molecule has 0 saturated carbocycles. The maximum absolute atomic E-state index is 12.4. The largest absolute Gasteiger partial charge is 0.326 e. The monoisotopic (exact) mass is 298 g/mol. The Hall–Kier alpha value is -2.63. The minimum atomic E-state index is -0.178. The molecule has 2 aromatic rings. The summed E-state index contributed by atoms with van der Waals surface area (Å²) in [6, 6.07) is 7.30. The number of rotatable bonds is 3. The van der Waals surface area contributed by atoms with Crippen molar-refractivity contribution in [3.63, 3.8) is 0 Å². The van der Waals surface area contributed by atoms with Crippen LogP contribution in [0.2, 0.25) is 0 Å². The Morgan fingerprint density at radius 3 is 2.95 bits per heavy atom. The number of aryl methyl sites for hydroxylation is 3. The number of carbonyl (C=O) groups excluding carboxylic acids is 2. The van der Waals surface area contributed by atoms with Gasteiger partial charge in [0.25, 0.3) is 5.91 Å². The second kappa shape index (κ2) is 5.63. The summed E-state index contributed by atoms with van der Waals surface area (Å²) in [6.45, 7) is 4.46. The van der Waals surface area contributed by atoms with E-state index < -0.39 is 0 Å². The maximum Gasteiger partial charge on any atom is 0.273 e. The van der Waals surface area contributed by atoms with Gasteiger partial charge in [0.05, 0.1) is 5.69 Å². The highest BCUT2D eigenvalue weighted by Crippen LogP contribution is 2.25. The Bertz CT molecular complexity index is 749. The number of anilines is 2. The standard InChI is InChI=1S/C16H18N4O2/c1-3-20-14(8-10(2)19-20)16(22)17-12-5-6-13-11(9-12)4-7-15(21)18-13/h5-6,8-9H,3-4,7H2,1-2H3,(H,17,22)(H,18,21). The molecule has 3 rings (SSSR count). The molecule has 1 aromatic heterocycles.